The normalized spacial score (nSPS) is 16.4. The molecule has 3 rings (SSSR count). The predicted molar refractivity (Wildman–Crippen MR) is 97.9 cm³/mol. The number of nitrogens with zero attached hydrogens (tertiary/aromatic N) is 2. The second-order valence-electron chi connectivity index (χ2n) is 6.67. The Morgan fingerprint density at radius 1 is 0.792 bits per heavy atom. The summed E-state index contributed by atoms with van der Waals surface area (Å²) in [7, 11) is 2.19. The topological polar surface area (TPSA) is 38.7 Å². The zero-order chi connectivity index (χ0) is 16.8. The molecule has 0 aromatic heterocycles. The van der Waals surface area contributed by atoms with E-state index in [9.17, 15) is 5.11 Å². The number of likely N-dealkylation sites (N-methyl/N-ethyl adjacent to an activating group) is 1. The van der Waals surface area contributed by atoms with Crippen LogP contribution in [-0.2, 0) is 19.6 Å². The molecular formula is C20H27N3O. The van der Waals surface area contributed by atoms with Crippen LogP contribution in [0.5, 0.6) is 5.75 Å². The number of rotatable bonds is 6. The quantitative estimate of drug-likeness (QED) is 0.856. The van der Waals surface area contributed by atoms with Gasteiger partial charge < -0.3 is 15.3 Å². The average Bonchev–Trinajstić information content (AvgIpc) is 2.60. The third-order valence-corrected chi connectivity index (χ3v) is 4.62. The molecule has 1 aliphatic heterocycles. The maximum absolute atomic E-state index is 9.29. The molecule has 2 aromatic rings. The first-order valence-electron chi connectivity index (χ1n) is 8.66. The third-order valence-electron chi connectivity index (χ3n) is 4.62. The van der Waals surface area contributed by atoms with Crippen LogP contribution >= 0.6 is 0 Å². The molecule has 2 N–H and O–H groups in total. The lowest BCUT2D eigenvalue weighted by molar-refractivity contribution is 0.148. The number of aromatic hydroxyl groups is 1. The fourth-order valence-corrected chi connectivity index (χ4v) is 2.99. The van der Waals surface area contributed by atoms with Crippen molar-refractivity contribution in [1.82, 2.24) is 15.1 Å². The summed E-state index contributed by atoms with van der Waals surface area (Å²) in [6.45, 7) is 7.37. The van der Waals surface area contributed by atoms with Crippen LogP contribution in [0.4, 0.5) is 0 Å². The highest BCUT2D eigenvalue weighted by atomic mass is 16.3. The van der Waals surface area contributed by atoms with Crippen LogP contribution in [0.2, 0.25) is 0 Å². The van der Waals surface area contributed by atoms with Crippen molar-refractivity contribution in [3.8, 4) is 5.75 Å². The highest BCUT2D eigenvalue weighted by Crippen LogP contribution is 2.11. The third kappa shape index (κ3) is 5.06. The number of benzene rings is 2. The molecule has 4 nitrogen and oxygen atoms in total. The van der Waals surface area contributed by atoms with Gasteiger partial charge in [-0.05, 0) is 35.9 Å². The van der Waals surface area contributed by atoms with E-state index in [4.69, 9.17) is 0 Å². The van der Waals surface area contributed by atoms with Gasteiger partial charge >= 0.3 is 0 Å². The zero-order valence-corrected chi connectivity index (χ0v) is 14.4. The summed E-state index contributed by atoms with van der Waals surface area (Å²) in [5.41, 5.74) is 3.87. The largest absolute Gasteiger partial charge is 0.508 e. The van der Waals surface area contributed by atoms with E-state index in [0.717, 1.165) is 32.7 Å². The molecule has 0 radical (unpaired) electrons. The predicted octanol–water partition coefficient (Wildman–Crippen LogP) is 2.43. The standard InChI is InChI=1S/C20H27N3O/c1-22-10-12-23(13-11-22)16-19-4-2-17(3-5-19)14-21-15-18-6-8-20(24)9-7-18/h2-9,21,24H,10-16H2,1H3. The summed E-state index contributed by atoms with van der Waals surface area (Å²) in [5.74, 6) is 0.315. The van der Waals surface area contributed by atoms with Gasteiger partial charge in [0, 0.05) is 45.8 Å². The van der Waals surface area contributed by atoms with Crippen LogP contribution < -0.4 is 5.32 Å². The number of nitrogens with one attached hydrogen (secondary N) is 1. The SMILES string of the molecule is CN1CCN(Cc2ccc(CNCc3ccc(O)cc3)cc2)CC1. The first-order valence-corrected chi connectivity index (χ1v) is 8.66. The van der Waals surface area contributed by atoms with Gasteiger partial charge in [0.05, 0.1) is 0 Å². The number of phenolic OH excluding ortho intramolecular Hbond substituents is 1. The van der Waals surface area contributed by atoms with Gasteiger partial charge in [0.15, 0.2) is 0 Å². The molecule has 1 saturated heterocycles. The van der Waals surface area contributed by atoms with Crippen molar-refractivity contribution in [2.45, 2.75) is 19.6 Å². The van der Waals surface area contributed by atoms with Gasteiger partial charge in [-0.1, -0.05) is 36.4 Å². The van der Waals surface area contributed by atoms with Crippen molar-refractivity contribution < 1.29 is 5.11 Å². The molecule has 1 fully saturated rings. The monoisotopic (exact) mass is 325 g/mol. The van der Waals surface area contributed by atoms with Crippen molar-refractivity contribution in [1.29, 1.82) is 0 Å². The molecule has 0 bridgehead atoms. The number of hydrogen-bond donors (Lipinski definition) is 2. The lowest BCUT2D eigenvalue weighted by atomic mass is 10.1. The Balaban J connectivity index is 1.43. The Labute approximate surface area is 144 Å². The minimum Gasteiger partial charge on any atom is -0.508 e. The summed E-state index contributed by atoms with van der Waals surface area (Å²) >= 11 is 0. The van der Waals surface area contributed by atoms with E-state index in [-0.39, 0.29) is 0 Å². The van der Waals surface area contributed by atoms with Crippen molar-refractivity contribution in [3.63, 3.8) is 0 Å². The molecule has 0 spiro atoms. The maximum Gasteiger partial charge on any atom is 0.115 e. The van der Waals surface area contributed by atoms with Gasteiger partial charge in [-0.15, -0.1) is 0 Å². The van der Waals surface area contributed by atoms with E-state index >= 15 is 0 Å². The molecule has 24 heavy (non-hydrogen) atoms. The minimum atomic E-state index is 0.315. The second kappa shape index (κ2) is 8.29. The Hall–Kier alpha value is -1.88. The average molecular weight is 325 g/mol. The molecular weight excluding hydrogens is 298 g/mol. The van der Waals surface area contributed by atoms with Gasteiger partial charge in [0.1, 0.15) is 5.75 Å². The Morgan fingerprint density at radius 2 is 1.29 bits per heavy atom. The number of hydrogen-bond acceptors (Lipinski definition) is 4. The summed E-state index contributed by atoms with van der Waals surface area (Å²) < 4.78 is 0. The molecule has 128 valence electrons. The van der Waals surface area contributed by atoms with Gasteiger partial charge in [-0.25, -0.2) is 0 Å². The first-order chi connectivity index (χ1) is 11.7. The first kappa shape index (κ1) is 17.0. The number of phenols is 1. The summed E-state index contributed by atoms with van der Waals surface area (Å²) in [5, 5.41) is 12.7. The van der Waals surface area contributed by atoms with Crippen LogP contribution in [0, 0.1) is 0 Å². The molecule has 0 unspecified atom stereocenters. The summed E-state index contributed by atoms with van der Waals surface area (Å²) in [6.07, 6.45) is 0. The van der Waals surface area contributed by atoms with Crippen molar-refractivity contribution in [2.75, 3.05) is 33.2 Å². The van der Waals surface area contributed by atoms with E-state index in [1.54, 1.807) is 12.1 Å². The van der Waals surface area contributed by atoms with E-state index in [0.29, 0.717) is 5.75 Å². The summed E-state index contributed by atoms with van der Waals surface area (Å²) in [6, 6.07) is 16.3. The molecule has 1 aliphatic rings. The van der Waals surface area contributed by atoms with Crippen LogP contribution in [0.15, 0.2) is 48.5 Å². The molecule has 0 aliphatic carbocycles. The van der Waals surface area contributed by atoms with Crippen LogP contribution in [0.25, 0.3) is 0 Å². The Bertz CT molecular complexity index is 616. The lowest BCUT2D eigenvalue weighted by Gasteiger charge is -2.32. The zero-order valence-electron chi connectivity index (χ0n) is 14.4. The maximum atomic E-state index is 9.29. The fourth-order valence-electron chi connectivity index (χ4n) is 2.99. The molecule has 0 amide bonds. The van der Waals surface area contributed by atoms with Crippen molar-refractivity contribution in [2.24, 2.45) is 0 Å². The summed E-state index contributed by atoms with van der Waals surface area (Å²) in [4.78, 5) is 4.91. The Morgan fingerprint density at radius 3 is 1.88 bits per heavy atom. The molecule has 1 heterocycles. The molecule has 0 atom stereocenters. The van der Waals surface area contributed by atoms with Crippen molar-refractivity contribution in [3.05, 3.63) is 65.2 Å². The van der Waals surface area contributed by atoms with Gasteiger partial charge in [0.25, 0.3) is 0 Å². The fraction of sp³-hybridized carbons (Fsp3) is 0.400. The van der Waals surface area contributed by atoms with E-state index in [1.165, 1.54) is 29.8 Å². The minimum absolute atomic E-state index is 0.315. The number of piperazine rings is 1. The van der Waals surface area contributed by atoms with Gasteiger partial charge in [-0.2, -0.15) is 0 Å². The highest BCUT2D eigenvalue weighted by molar-refractivity contribution is 5.26. The smallest absolute Gasteiger partial charge is 0.115 e. The van der Waals surface area contributed by atoms with Crippen LogP contribution in [0.3, 0.4) is 0 Å². The molecule has 2 aromatic carbocycles. The van der Waals surface area contributed by atoms with E-state index < -0.39 is 0 Å². The van der Waals surface area contributed by atoms with Crippen molar-refractivity contribution >= 4 is 0 Å². The van der Waals surface area contributed by atoms with Gasteiger partial charge in [0.2, 0.25) is 0 Å². The second-order valence-corrected chi connectivity index (χ2v) is 6.67. The van der Waals surface area contributed by atoms with E-state index in [1.807, 2.05) is 12.1 Å². The molecule has 4 heteroatoms. The van der Waals surface area contributed by atoms with Gasteiger partial charge in [-0.3, -0.25) is 4.90 Å². The lowest BCUT2D eigenvalue weighted by Crippen LogP contribution is -2.43. The molecule has 0 saturated carbocycles. The van der Waals surface area contributed by atoms with E-state index in [2.05, 4.69) is 46.4 Å². The highest BCUT2D eigenvalue weighted by Gasteiger charge is 2.13. The Kier molecular flexibility index (Phi) is 5.86. The van der Waals surface area contributed by atoms with Crippen LogP contribution in [-0.4, -0.2) is 48.1 Å². The van der Waals surface area contributed by atoms with Crippen LogP contribution in [0.1, 0.15) is 16.7 Å².